The lowest BCUT2D eigenvalue weighted by molar-refractivity contribution is -0.145. The van der Waals surface area contributed by atoms with Gasteiger partial charge in [0, 0.05) is 66.5 Å². The zero-order chi connectivity index (χ0) is 55.1. The van der Waals surface area contributed by atoms with Gasteiger partial charge in [-0.1, -0.05) is 99.1 Å². The lowest BCUT2D eigenvalue weighted by Gasteiger charge is -2.35. The maximum Gasteiger partial charge on any atom is 0.246 e. The Morgan fingerprint density at radius 2 is 1.49 bits per heavy atom. The van der Waals surface area contributed by atoms with Gasteiger partial charge in [0.2, 0.25) is 41.4 Å². The van der Waals surface area contributed by atoms with Crippen LogP contribution < -0.4 is 31.9 Å². The SMILES string of the molecule is Cc1sc2c(c1C)C(c1ccc(Cl)cc1)=N[C@@H](CC(=O)NC[C@H]1NC(=O)CCNC(=O)[C@@H](Cc3ccc(-c4ccccc4)cc3)NC(=O)[C@@H]3C[C@@H](O)CN3C(=O)C(C(C)(C)C)NC(=O)COCCNC1=O)c1nnc(C)n1-2. The maximum absolute atomic E-state index is 14.3. The van der Waals surface area contributed by atoms with E-state index in [1.807, 2.05) is 92.1 Å². The summed E-state index contributed by atoms with van der Waals surface area (Å²) in [5.74, 6) is -3.36. The van der Waals surface area contributed by atoms with Crippen LogP contribution in [0, 0.1) is 26.2 Å². The number of aliphatic hydroxyl groups is 1. The molecule has 77 heavy (non-hydrogen) atoms. The fraction of sp³-hybridized carbons (Fsp3) is 0.418. The van der Waals surface area contributed by atoms with Crippen LogP contribution in [0.15, 0.2) is 83.9 Å². The molecule has 2 saturated heterocycles. The predicted octanol–water partition coefficient (Wildman–Crippen LogP) is 3.33. The number of ether oxygens (including phenoxy) is 1. The van der Waals surface area contributed by atoms with Gasteiger partial charge in [-0.3, -0.25) is 43.1 Å². The van der Waals surface area contributed by atoms with Crippen molar-refractivity contribution in [3.8, 4) is 16.1 Å². The third kappa shape index (κ3) is 13.4. The van der Waals surface area contributed by atoms with Gasteiger partial charge >= 0.3 is 0 Å². The van der Waals surface area contributed by atoms with Gasteiger partial charge in [0.1, 0.15) is 47.6 Å². The molecule has 5 aromatic rings. The van der Waals surface area contributed by atoms with Crippen molar-refractivity contribution >= 4 is 70.0 Å². The summed E-state index contributed by atoms with van der Waals surface area (Å²) in [6, 6.07) is 18.8. The van der Waals surface area contributed by atoms with E-state index in [2.05, 4.69) is 42.1 Å². The highest BCUT2D eigenvalue weighted by Gasteiger charge is 2.45. The number of nitrogens with zero attached hydrogens (tertiary/aromatic N) is 5. The maximum atomic E-state index is 14.3. The molecule has 3 aromatic carbocycles. The third-order valence-corrected chi connectivity index (χ3v) is 15.2. The van der Waals surface area contributed by atoms with Crippen LogP contribution in [-0.4, -0.2) is 141 Å². The molecule has 20 nitrogen and oxygen atoms in total. The summed E-state index contributed by atoms with van der Waals surface area (Å²) in [7, 11) is 0. The number of aryl methyl sites for hydroxylation is 2. The number of carbonyl (C=O) groups is 7. The Morgan fingerprint density at radius 3 is 2.21 bits per heavy atom. The topological polar surface area (TPSA) is 267 Å². The quantitative estimate of drug-likeness (QED) is 0.119. The van der Waals surface area contributed by atoms with E-state index < -0.39 is 89.7 Å². The summed E-state index contributed by atoms with van der Waals surface area (Å²) >= 11 is 7.85. The van der Waals surface area contributed by atoms with Crippen molar-refractivity contribution in [1.29, 1.82) is 0 Å². The fourth-order valence-electron chi connectivity index (χ4n) is 9.53. The number of benzene rings is 3. The van der Waals surface area contributed by atoms with Gasteiger partial charge in [-0.2, -0.15) is 0 Å². The number of aliphatic imine (C=N–C) groups is 1. The predicted molar refractivity (Wildman–Crippen MR) is 289 cm³/mol. The van der Waals surface area contributed by atoms with Gasteiger partial charge < -0.3 is 46.6 Å². The summed E-state index contributed by atoms with van der Waals surface area (Å²) in [5.41, 5.74) is 5.09. The van der Waals surface area contributed by atoms with Crippen LogP contribution in [-0.2, 0) is 44.7 Å². The third-order valence-electron chi connectivity index (χ3n) is 13.7. The highest BCUT2D eigenvalue weighted by atomic mass is 35.5. The van der Waals surface area contributed by atoms with E-state index in [9.17, 15) is 38.7 Å². The Hall–Kier alpha value is -7.33. The number of nitrogens with one attached hydrogen (secondary N) is 6. The molecule has 406 valence electrons. The number of hydrogen-bond acceptors (Lipinski definition) is 13. The minimum atomic E-state index is -1.32. The van der Waals surface area contributed by atoms with Crippen LogP contribution in [0.3, 0.4) is 0 Å². The molecule has 7 N–H and O–H groups in total. The molecule has 0 spiro atoms. The number of thiophene rings is 1. The van der Waals surface area contributed by atoms with E-state index >= 15 is 0 Å². The molecular weight excluding hydrogens is 1030 g/mol. The van der Waals surface area contributed by atoms with Crippen molar-refractivity contribution in [3.63, 3.8) is 0 Å². The number of carbonyl (C=O) groups excluding carboxylic acids is 7. The van der Waals surface area contributed by atoms with Gasteiger partial charge in [0.25, 0.3) is 0 Å². The zero-order valence-corrected chi connectivity index (χ0v) is 45.3. The van der Waals surface area contributed by atoms with Crippen LogP contribution in [0.4, 0.5) is 0 Å². The minimum Gasteiger partial charge on any atom is -0.391 e. The summed E-state index contributed by atoms with van der Waals surface area (Å²) in [6.45, 7) is 9.62. The smallest absolute Gasteiger partial charge is 0.246 e. The lowest BCUT2D eigenvalue weighted by atomic mass is 9.85. The molecule has 0 saturated carbocycles. The second kappa shape index (κ2) is 24.3. The Kier molecular flexibility index (Phi) is 17.7. The average molecular weight is 1090 g/mol. The Labute approximate surface area is 455 Å². The molecule has 1 unspecified atom stereocenters. The Morgan fingerprint density at radius 1 is 0.818 bits per heavy atom. The number of aromatic nitrogens is 3. The lowest BCUT2D eigenvalue weighted by Crippen LogP contribution is -2.59. The number of halogens is 1. The summed E-state index contributed by atoms with van der Waals surface area (Å²) in [5, 5.41) is 37.5. The fourth-order valence-corrected chi connectivity index (χ4v) is 10.9. The van der Waals surface area contributed by atoms with Crippen LogP contribution in [0.5, 0.6) is 0 Å². The molecule has 0 radical (unpaired) electrons. The largest absolute Gasteiger partial charge is 0.391 e. The van der Waals surface area contributed by atoms with Crippen LogP contribution in [0.1, 0.15) is 84.9 Å². The number of aliphatic hydroxyl groups excluding tert-OH is 1. The van der Waals surface area contributed by atoms with Crippen LogP contribution in [0.25, 0.3) is 16.1 Å². The number of hydrogen-bond donors (Lipinski definition) is 7. The highest BCUT2D eigenvalue weighted by Crippen LogP contribution is 2.40. The monoisotopic (exact) mass is 1090 g/mol. The second-order valence-electron chi connectivity index (χ2n) is 20.5. The number of fused-ring (bicyclic) bond motifs is 4. The first-order valence-electron chi connectivity index (χ1n) is 25.5. The van der Waals surface area contributed by atoms with E-state index in [1.165, 1.54) is 4.90 Å². The second-order valence-corrected chi connectivity index (χ2v) is 22.1. The van der Waals surface area contributed by atoms with Gasteiger partial charge in [-0.05, 0) is 60.6 Å². The van der Waals surface area contributed by atoms with E-state index in [-0.39, 0.29) is 58.5 Å². The molecular formula is C55H64ClN11O9S. The molecule has 22 heteroatoms. The molecule has 3 aliphatic heterocycles. The first-order chi connectivity index (χ1) is 36.7. The molecule has 6 atom stereocenters. The Balaban J connectivity index is 1.01. The van der Waals surface area contributed by atoms with Crippen molar-refractivity contribution in [2.45, 2.75) is 104 Å². The van der Waals surface area contributed by atoms with Crippen molar-refractivity contribution in [3.05, 3.63) is 123 Å². The normalized spacial score (nSPS) is 22.3. The average Bonchev–Trinajstić information content (AvgIpc) is 4.18. The first-order valence-corrected chi connectivity index (χ1v) is 26.7. The van der Waals surface area contributed by atoms with E-state index in [0.717, 1.165) is 37.7 Å². The van der Waals surface area contributed by atoms with Crippen molar-refractivity contribution in [2.24, 2.45) is 10.4 Å². The van der Waals surface area contributed by atoms with Crippen molar-refractivity contribution < 1.29 is 43.4 Å². The molecule has 3 aliphatic rings. The minimum absolute atomic E-state index is 0.0193. The van der Waals surface area contributed by atoms with Crippen LogP contribution in [0.2, 0.25) is 5.02 Å². The summed E-state index contributed by atoms with van der Waals surface area (Å²) in [6.07, 6.45) is -1.67. The Bertz CT molecular complexity index is 3050. The molecule has 0 bridgehead atoms. The van der Waals surface area contributed by atoms with Crippen molar-refractivity contribution in [2.75, 3.05) is 39.4 Å². The molecule has 2 fully saturated rings. The van der Waals surface area contributed by atoms with Crippen molar-refractivity contribution in [1.82, 2.24) is 51.6 Å². The molecule has 0 aliphatic carbocycles. The van der Waals surface area contributed by atoms with Gasteiger partial charge in [0.15, 0.2) is 5.82 Å². The van der Waals surface area contributed by atoms with Gasteiger partial charge in [0.05, 0.1) is 24.8 Å². The van der Waals surface area contributed by atoms with Gasteiger partial charge in [-0.15, -0.1) is 21.5 Å². The summed E-state index contributed by atoms with van der Waals surface area (Å²) < 4.78 is 7.51. The number of rotatable bonds is 8. The standard InChI is InChI=1S/C55H64ClN11O9S/c1-30-31(2)77-54-46(30)47(36-16-18-37(56)19-17-36)61-39(49-65-64-32(3)67(49)54)26-44(70)59-27-41-51(73)58-22-23-76-29-45(71)63-48(55(4,5)6)53(75)66-28-38(68)25-42(66)52(74)62-40(50(72)57-21-20-43(69)60-41)24-33-12-14-35(15-13-33)34-10-8-7-9-11-34/h7-19,38-42,48,68H,20-29H2,1-6H3,(H,57,72)(H,58,73)(H,59,70)(H,60,69)(H,62,74)(H,63,71)/t38-,39+,40-,41-,42+,48?/m1/s1. The van der Waals surface area contributed by atoms with E-state index in [0.29, 0.717) is 27.9 Å². The molecule has 5 heterocycles. The van der Waals surface area contributed by atoms with E-state index in [1.54, 1.807) is 44.2 Å². The first kappa shape index (κ1) is 55.9. The summed E-state index contributed by atoms with van der Waals surface area (Å²) in [4.78, 5) is 105. The van der Waals surface area contributed by atoms with Gasteiger partial charge in [-0.25, -0.2) is 0 Å². The zero-order valence-electron chi connectivity index (χ0n) is 43.8. The molecule has 2 aromatic heterocycles. The molecule has 7 amide bonds. The van der Waals surface area contributed by atoms with E-state index in [4.69, 9.17) is 21.3 Å². The van der Waals surface area contributed by atoms with Crippen LogP contribution >= 0.6 is 22.9 Å². The highest BCUT2D eigenvalue weighted by molar-refractivity contribution is 7.15. The molecule has 8 rings (SSSR count). The number of amides is 7.